The molecule has 0 amide bonds. The summed E-state index contributed by atoms with van der Waals surface area (Å²) in [6, 6.07) is 1.57. The molecular weight excluding hydrogens is 138 g/mol. The minimum Gasteiger partial charge on any atom is -0.393 e. The van der Waals surface area contributed by atoms with Gasteiger partial charge in [-0.1, -0.05) is 0 Å². The van der Waals surface area contributed by atoms with Crippen molar-refractivity contribution in [3.8, 4) is 0 Å². The summed E-state index contributed by atoms with van der Waals surface area (Å²) in [5, 5.41) is 9.52. The van der Waals surface area contributed by atoms with Crippen LogP contribution in [0.5, 0.6) is 0 Å². The molecule has 1 heterocycles. The average Bonchev–Trinajstić information content (AvgIpc) is 2.25. The predicted octanol–water partition coefficient (Wildman–Crippen LogP) is 0.604. The van der Waals surface area contributed by atoms with Gasteiger partial charge in [0.1, 0.15) is 0 Å². The smallest absolute Gasteiger partial charge is 0.0561 e. The van der Waals surface area contributed by atoms with Crippen LogP contribution in [0.4, 0.5) is 0 Å². The van der Waals surface area contributed by atoms with Gasteiger partial charge in [-0.2, -0.15) is 0 Å². The highest BCUT2D eigenvalue weighted by molar-refractivity contribution is 5.21. The summed E-state index contributed by atoms with van der Waals surface area (Å²) in [4.78, 5) is 2.47. The molecule has 4 atom stereocenters. The molecule has 0 aromatic carbocycles. The van der Waals surface area contributed by atoms with E-state index in [1.54, 1.807) is 0 Å². The molecule has 3 rings (SSSR count). The SMILES string of the molecule is CN1C2CCC23CC(O)CC13. The third kappa shape index (κ3) is 0.510. The molecule has 2 nitrogen and oxygen atoms in total. The van der Waals surface area contributed by atoms with Crippen LogP contribution in [-0.2, 0) is 0 Å². The Morgan fingerprint density at radius 3 is 2.82 bits per heavy atom. The van der Waals surface area contributed by atoms with Gasteiger partial charge in [-0.05, 0) is 32.7 Å². The summed E-state index contributed by atoms with van der Waals surface area (Å²) in [6.45, 7) is 0. The highest BCUT2D eigenvalue weighted by Crippen LogP contribution is 2.64. The number of aliphatic hydroxyl groups is 1. The lowest BCUT2D eigenvalue weighted by Gasteiger charge is -2.67. The van der Waals surface area contributed by atoms with Crippen LogP contribution in [0, 0.1) is 5.41 Å². The lowest BCUT2D eigenvalue weighted by Crippen LogP contribution is -2.73. The van der Waals surface area contributed by atoms with Gasteiger partial charge in [-0.3, -0.25) is 4.90 Å². The van der Waals surface area contributed by atoms with Crippen LogP contribution < -0.4 is 0 Å². The highest BCUT2D eigenvalue weighted by atomic mass is 16.3. The molecule has 0 bridgehead atoms. The average molecular weight is 153 g/mol. The topological polar surface area (TPSA) is 23.5 Å². The Morgan fingerprint density at radius 2 is 2.27 bits per heavy atom. The van der Waals surface area contributed by atoms with Crippen molar-refractivity contribution in [1.82, 2.24) is 4.90 Å². The highest BCUT2D eigenvalue weighted by Gasteiger charge is 2.67. The van der Waals surface area contributed by atoms with Crippen molar-refractivity contribution < 1.29 is 5.11 Å². The van der Waals surface area contributed by atoms with Gasteiger partial charge in [0.05, 0.1) is 6.10 Å². The first-order valence-corrected chi connectivity index (χ1v) is 4.64. The summed E-state index contributed by atoms with van der Waals surface area (Å²) < 4.78 is 0. The summed E-state index contributed by atoms with van der Waals surface area (Å²) in [6.07, 6.45) is 4.89. The quantitative estimate of drug-likeness (QED) is 0.551. The van der Waals surface area contributed by atoms with E-state index in [9.17, 15) is 5.11 Å². The van der Waals surface area contributed by atoms with Gasteiger partial charge in [-0.15, -0.1) is 0 Å². The van der Waals surface area contributed by atoms with Gasteiger partial charge in [0.2, 0.25) is 0 Å². The second-order valence-corrected chi connectivity index (χ2v) is 4.56. The van der Waals surface area contributed by atoms with Gasteiger partial charge in [0.25, 0.3) is 0 Å². The van der Waals surface area contributed by atoms with Gasteiger partial charge < -0.3 is 5.11 Å². The van der Waals surface area contributed by atoms with Crippen LogP contribution in [0.15, 0.2) is 0 Å². The molecule has 0 aromatic rings. The van der Waals surface area contributed by atoms with Crippen molar-refractivity contribution in [3.63, 3.8) is 0 Å². The fraction of sp³-hybridized carbons (Fsp3) is 1.00. The third-order valence-electron chi connectivity index (χ3n) is 4.30. The van der Waals surface area contributed by atoms with Gasteiger partial charge in [-0.25, -0.2) is 0 Å². The van der Waals surface area contributed by atoms with Crippen molar-refractivity contribution in [2.75, 3.05) is 7.05 Å². The van der Waals surface area contributed by atoms with Gasteiger partial charge >= 0.3 is 0 Å². The molecule has 1 aliphatic heterocycles. The van der Waals surface area contributed by atoms with Crippen LogP contribution in [0.25, 0.3) is 0 Å². The molecule has 2 aliphatic carbocycles. The second kappa shape index (κ2) is 1.64. The molecule has 62 valence electrons. The lowest BCUT2D eigenvalue weighted by molar-refractivity contribution is -0.174. The van der Waals surface area contributed by atoms with E-state index < -0.39 is 0 Å². The predicted molar refractivity (Wildman–Crippen MR) is 42.2 cm³/mol. The van der Waals surface area contributed by atoms with E-state index in [1.807, 2.05) is 0 Å². The van der Waals surface area contributed by atoms with E-state index in [-0.39, 0.29) is 6.10 Å². The van der Waals surface area contributed by atoms with Crippen LogP contribution in [-0.4, -0.2) is 35.2 Å². The Bertz CT molecular complexity index is 206. The van der Waals surface area contributed by atoms with Crippen LogP contribution in [0.1, 0.15) is 25.7 Å². The fourth-order valence-corrected chi connectivity index (χ4v) is 3.74. The van der Waals surface area contributed by atoms with E-state index in [1.165, 1.54) is 12.8 Å². The lowest BCUT2D eigenvalue weighted by atomic mass is 9.54. The summed E-state index contributed by atoms with van der Waals surface area (Å²) in [5.41, 5.74) is 0.591. The maximum Gasteiger partial charge on any atom is 0.0561 e. The molecule has 1 spiro atoms. The molecule has 3 fully saturated rings. The van der Waals surface area contributed by atoms with Crippen molar-refractivity contribution in [3.05, 3.63) is 0 Å². The zero-order valence-corrected chi connectivity index (χ0v) is 6.95. The Kier molecular flexibility index (Phi) is 0.961. The standard InChI is InChI=1S/C9H15NO/c1-10-7-2-3-9(7)5-6(11)4-8(9)10/h6-8,11H,2-5H2,1H3. The largest absolute Gasteiger partial charge is 0.393 e. The first-order chi connectivity index (χ1) is 5.24. The van der Waals surface area contributed by atoms with Crippen LogP contribution in [0.3, 0.4) is 0 Å². The van der Waals surface area contributed by atoms with Crippen molar-refractivity contribution in [2.24, 2.45) is 5.41 Å². The van der Waals surface area contributed by atoms with Gasteiger partial charge in [0.15, 0.2) is 0 Å². The van der Waals surface area contributed by atoms with Gasteiger partial charge in [0, 0.05) is 17.5 Å². The number of nitrogens with zero attached hydrogens (tertiary/aromatic N) is 1. The zero-order chi connectivity index (χ0) is 7.64. The number of hydrogen-bond acceptors (Lipinski definition) is 2. The molecule has 0 aromatic heterocycles. The third-order valence-corrected chi connectivity index (χ3v) is 4.30. The summed E-state index contributed by atoms with van der Waals surface area (Å²) in [5.74, 6) is 0. The minimum atomic E-state index is 0.00718. The molecule has 2 saturated carbocycles. The summed E-state index contributed by atoms with van der Waals surface area (Å²) >= 11 is 0. The maximum absolute atomic E-state index is 9.52. The summed E-state index contributed by atoms with van der Waals surface area (Å²) in [7, 11) is 2.21. The van der Waals surface area contributed by atoms with Crippen molar-refractivity contribution >= 4 is 0 Å². The van der Waals surface area contributed by atoms with Crippen LogP contribution >= 0.6 is 0 Å². The molecule has 4 unspecified atom stereocenters. The number of aliphatic hydroxyl groups excluding tert-OH is 1. The maximum atomic E-state index is 9.52. The Balaban J connectivity index is 1.90. The number of rotatable bonds is 0. The van der Waals surface area contributed by atoms with E-state index in [0.717, 1.165) is 24.9 Å². The van der Waals surface area contributed by atoms with Crippen molar-refractivity contribution in [2.45, 2.75) is 43.9 Å². The van der Waals surface area contributed by atoms with E-state index in [0.29, 0.717) is 5.41 Å². The van der Waals surface area contributed by atoms with E-state index >= 15 is 0 Å². The molecule has 2 heteroatoms. The molecule has 11 heavy (non-hydrogen) atoms. The fourth-order valence-electron chi connectivity index (χ4n) is 3.74. The van der Waals surface area contributed by atoms with Crippen LogP contribution in [0.2, 0.25) is 0 Å². The molecular formula is C9H15NO. The Hall–Kier alpha value is -0.0800. The monoisotopic (exact) mass is 153 g/mol. The normalized spacial score (nSPS) is 61.1. The Morgan fingerprint density at radius 1 is 1.45 bits per heavy atom. The minimum absolute atomic E-state index is 0.00718. The molecule has 1 saturated heterocycles. The molecule has 3 aliphatic rings. The number of hydrogen-bond donors (Lipinski definition) is 1. The Labute approximate surface area is 67.2 Å². The zero-order valence-electron chi connectivity index (χ0n) is 6.95. The first-order valence-electron chi connectivity index (χ1n) is 4.64. The second-order valence-electron chi connectivity index (χ2n) is 4.56. The van der Waals surface area contributed by atoms with E-state index in [4.69, 9.17) is 0 Å². The molecule has 1 N–H and O–H groups in total. The van der Waals surface area contributed by atoms with Crippen molar-refractivity contribution in [1.29, 1.82) is 0 Å². The number of piperidine rings is 1. The molecule has 0 radical (unpaired) electrons. The van der Waals surface area contributed by atoms with E-state index in [2.05, 4.69) is 11.9 Å². The first kappa shape index (κ1) is 6.44. The number of likely N-dealkylation sites (tertiary alicyclic amines) is 1.